The maximum atomic E-state index is 2.17. The molecule has 0 aromatic carbocycles. The van der Waals surface area contributed by atoms with Crippen LogP contribution in [0.1, 0.15) is 0 Å². The Balaban J connectivity index is 2.29. The van der Waals surface area contributed by atoms with E-state index in [1.54, 1.807) is 0 Å². The van der Waals surface area contributed by atoms with Crippen molar-refractivity contribution in [2.24, 2.45) is 0 Å². The number of nitrogens with zero attached hydrogens (tertiary/aromatic N) is 1. The summed E-state index contributed by atoms with van der Waals surface area (Å²) >= 11 is 0. The second-order valence-corrected chi connectivity index (χ2v) is 2.46. The summed E-state index contributed by atoms with van der Waals surface area (Å²) < 4.78 is 0. The van der Waals surface area contributed by atoms with Gasteiger partial charge in [0, 0.05) is 0 Å². The Morgan fingerprint density at radius 1 is 1.22 bits per heavy atom. The van der Waals surface area contributed by atoms with Crippen LogP contribution in [0.15, 0.2) is 24.3 Å². The van der Waals surface area contributed by atoms with Gasteiger partial charge in [0.2, 0.25) is 7.41 Å². The van der Waals surface area contributed by atoms with Gasteiger partial charge < -0.3 is 4.81 Å². The van der Waals surface area contributed by atoms with Gasteiger partial charge in [-0.1, -0.05) is 24.3 Å². The molecule has 0 amide bonds. The van der Waals surface area contributed by atoms with Gasteiger partial charge in [0.05, 0.1) is 0 Å². The van der Waals surface area contributed by atoms with Gasteiger partial charge in [-0.3, -0.25) is 0 Å². The van der Waals surface area contributed by atoms with Crippen molar-refractivity contribution < 1.29 is 0 Å². The highest BCUT2D eigenvalue weighted by Gasteiger charge is 2.05. The highest BCUT2D eigenvalue weighted by Crippen LogP contribution is 2.13. The van der Waals surface area contributed by atoms with E-state index in [9.17, 15) is 0 Å². The fourth-order valence-electron chi connectivity index (χ4n) is 0.893. The third kappa shape index (κ3) is 2.06. The highest BCUT2D eigenvalue weighted by atomic mass is 15.0. The van der Waals surface area contributed by atoms with E-state index in [1.165, 1.54) is 0 Å². The molecule has 0 aromatic rings. The van der Waals surface area contributed by atoms with Crippen molar-refractivity contribution in [1.29, 1.82) is 0 Å². The predicted octanol–water partition coefficient (Wildman–Crippen LogP) is 1.08. The molecule has 0 fully saturated rings. The summed E-state index contributed by atoms with van der Waals surface area (Å²) in [5, 5.41) is 0. The largest absolute Gasteiger partial charge is 0.351 e. The minimum Gasteiger partial charge on any atom is -0.351 e. The van der Waals surface area contributed by atoms with Crippen molar-refractivity contribution in [2.75, 3.05) is 14.1 Å². The van der Waals surface area contributed by atoms with Gasteiger partial charge in [-0.2, -0.15) is 0 Å². The number of hydrogen-bond donors (Lipinski definition) is 0. The quantitative estimate of drug-likeness (QED) is 0.493. The first-order chi connectivity index (χ1) is 4.29. The fraction of sp³-hybridized carbons (Fsp3) is 0.429. The average molecular weight is 120 g/mol. The zero-order chi connectivity index (χ0) is 6.69. The van der Waals surface area contributed by atoms with E-state index in [4.69, 9.17) is 0 Å². The first-order valence-electron chi connectivity index (χ1n) is 3.15. The zero-order valence-electron chi connectivity index (χ0n) is 5.91. The van der Waals surface area contributed by atoms with Gasteiger partial charge in [0.15, 0.2) is 0 Å². The molecule has 0 heterocycles. The summed E-state index contributed by atoms with van der Waals surface area (Å²) in [6, 6.07) is 0. The van der Waals surface area contributed by atoms with Gasteiger partial charge >= 0.3 is 0 Å². The van der Waals surface area contributed by atoms with Gasteiger partial charge in [-0.15, -0.1) is 0 Å². The van der Waals surface area contributed by atoms with Crippen molar-refractivity contribution in [1.82, 2.24) is 4.81 Å². The van der Waals surface area contributed by atoms with E-state index < -0.39 is 0 Å². The van der Waals surface area contributed by atoms with Crippen LogP contribution in [0, 0.1) is 0 Å². The standard InChI is InChI=1S/C7H11BN/c1-9(2)8-7-5-3-4-6-7/h3-7H,1-2H3. The number of rotatable bonds is 2. The minimum absolute atomic E-state index is 0.528. The Bertz CT molecular complexity index is 126. The van der Waals surface area contributed by atoms with Gasteiger partial charge in [0.1, 0.15) is 0 Å². The first kappa shape index (κ1) is 6.62. The van der Waals surface area contributed by atoms with E-state index >= 15 is 0 Å². The molecule has 0 aliphatic heterocycles. The second-order valence-electron chi connectivity index (χ2n) is 2.46. The van der Waals surface area contributed by atoms with Gasteiger partial charge in [-0.05, 0) is 19.9 Å². The van der Waals surface area contributed by atoms with E-state index in [0.29, 0.717) is 5.82 Å². The van der Waals surface area contributed by atoms with Gasteiger partial charge in [-0.25, -0.2) is 0 Å². The molecular weight excluding hydrogens is 109 g/mol. The van der Waals surface area contributed by atoms with Crippen LogP contribution >= 0.6 is 0 Å². The predicted molar refractivity (Wildman–Crippen MR) is 41.5 cm³/mol. The van der Waals surface area contributed by atoms with Crippen molar-refractivity contribution >= 4 is 7.41 Å². The van der Waals surface area contributed by atoms with Crippen LogP contribution in [-0.2, 0) is 0 Å². The molecule has 1 radical (unpaired) electrons. The Labute approximate surface area is 57.3 Å². The first-order valence-corrected chi connectivity index (χ1v) is 3.15. The molecule has 2 heteroatoms. The van der Waals surface area contributed by atoms with Crippen molar-refractivity contribution in [3.8, 4) is 0 Å². The third-order valence-electron chi connectivity index (χ3n) is 1.25. The lowest BCUT2D eigenvalue weighted by Crippen LogP contribution is -2.19. The monoisotopic (exact) mass is 120 g/mol. The number of hydrogen-bond acceptors (Lipinski definition) is 1. The average Bonchev–Trinajstić information content (AvgIpc) is 2.15. The molecule has 1 nitrogen and oxygen atoms in total. The van der Waals surface area contributed by atoms with Crippen molar-refractivity contribution in [2.45, 2.75) is 5.82 Å². The Morgan fingerprint density at radius 3 is 2.22 bits per heavy atom. The van der Waals surface area contributed by atoms with Crippen LogP contribution < -0.4 is 0 Å². The molecular formula is C7H11BN. The second kappa shape index (κ2) is 2.88. The summed E-state index contributed by atoms with van der Waals surface area (Å²) in [6.07, 6.45) is 8.48. The summed E-state index contributed by atoms with van der Waals surface area (Å²) in [6.45, 7) is 0. The van der Waals surface area contributed by atoms with E-state index in [2.05, 4.69) is 36.5 Å². The molecule has 0 aromatic heterocycles. The minimum atomic E-state index is 0.528. The number of allylic oxidation sites excluding steroid dienone is 4. The molecule has 0 spiro atoms. The highest BCUT2D eigenvalue weighted by molar-refractivity contribution is 6.35. The Kier molecular flexibility index (Phi) is 2.12. The van der Waals surface area contributed by atoms with Crippen LogP contribution in [-0.4, -0.2) is 26.3 Å². The van der Waals surface area contributed by atoms with Crippen LogP contribution in [0.4, 0.5) is 0 Å². The SMILES string of the molecule is CN(C)[B]C1C=CC=C1. The summed E-state index contributed by atoms with van der Waals surface area (Å²) in [5.41, 5.74) is 0. The molecule has 1 aliphatic rings. The van der Waals surface area contributed by atoms with E-state index in [-0.39, 0.29) is 0 Å². The molecule has 1 rings (SSSR count). The van der Waals surface area contributed by atoms with Crippen LogP contribution in [0.5, 0.6) is 0 Å². The molecule has 1 aliphatic carbocycles. The van der Waals surface area contributed by atoms with Crippen molar-refractivity contribution in [3.05, 3.63) is 24.3 Å². The summed E-state index contributed by atoms with van der Waals surface area (Å²) in [5.74, 6) is 0.528. The lowest BCUT2D eigenvalue weighted by atomic mass is 9.75. The maximum absolute atomic E-state index is 2.17. The molecule has 0 saturated heterocycles. The molecule has 0 atom stereocenters. The molecule has 0 bridgehead atoms. The summed E-state index contributed by atoms with van der Waals surface area (Å²) in [4.78, 5) is 2.07. The Morgan fingerprint density at radius 2 is 1.78 bits per heavy atom. The normalized spacial score (nSPS) is 17.7. The smallest absolute Gasteiger partial charge is 0.219 e. The molecule has 0 saturated carbocycles. The van der Waals surface area contributed by atoms with E-state index in [0.717, 1.165) is 0 Å². The molecule has 0 unspecified atom stereocenters. The van der Waals surface area contributed by atoms with Crippen LogP contribution in [0.25, 0.3) is 0 Å². The lowest BCUT2D eigenvalue weighted by molar-refractivity contribution is 0.656. The van der Waals surface area contributed by atoms with Crippen LogP contribution in [0.3, 0.4) is 0 Å². The fourth-order valence-corrected chi connectivity index (χ4v) is 0.893. The molecule has 0 N–H and O–H groups in total. The molecule has 9 heavy (non-hydrogen) atoms. The summed E-state index contributed by atoms with van der Waals surface area (Å²) in [7, 11) is 6.25. The molecule has 47 valence electrons. The topological polar surface area (TPSA) is 3.24 Å². The van der Waals surface area contributed by atoms with Gasteiger partial charge in [0.25, 0.3) is 0 Å². The van der Waals surface area contributed by atoms with E-state index in [1.807, 2.05) is 14.1 Å². The third-order valence-corrected chi connectivity index (χ3v) is 1.25. The lowest BCUT2D eigenvalue weighted by Gasteiger charge is -2.09. The van der Waals surface area contributed by atoms with Crippen molar-refractivity contribution in [3.63, 3.8) is 0 Å². The maximum Gasteiger partial charge on any atom is 0.219 e. The van der Waals surface area contributed by atoms with Crippen LogP contribution in [0.2, 0.25) is 5.82 Å². The Hall–Kier alpha value is -0.495. The zero-order valence-corrected chi connectivity index (χ0v) is 5.91.